The van der Waals surface area contributed by atoms with Crippen LogP contribution in [0.2, 0.25) is 0 Å². The molecule has 2 atom stereocenters. The summed E-state index contributed by atoms with van der Waals surface area (Å²) >= 11 is 0. The zero-order valence-electron chi connectivity index (χ0n) is 24.3. The summed E-state index contributed by atoms with van der Waals surface area (Å²) in [6.45, 7) is 9.91. The molecule has 1 aromatic rings. The number of nitrogens with two attached hydrogens (primary N) is 1. The molecule has 0 aliphatic heterocycles. The topological polar surface area (TPSA) is 151 Å². The van der Waals surface area contributed by atoms with E-state index in [0.29, 0.717) is 18.5 Å². The van der Waals surface area contributed by atoms with Crippen molar-refractivity contribution in [3.05, 3.63) is 29.8 Å². The molecule has 220 valence electrons. The summed E-state index contributed by atoms with van der Waals surface area (Å²) in [4.78, 5) is 53.3. The Labute approximate surface area is 233 Å². The third-order valence-electron chi connectivity index (χ3n) is 6.03. The average Bonchev–Trinajstić information content (AvgIpc) is 2.84. The van der Waals surface area contributed by atoms with E-state index in [2.05, 4.69) is 17.6 Å². The summed E-state index contributed by atoms with van der Waals surface area (Å²) in [6.07, 6.45) is 5.24. The van der Waals surface area contributed by atoms with Crippen LogP contribution in [0.5, 0.6) is 5.75 Å². The van der Waals surface area contributed by atoms with Crippen molar-refractivity contribution in [3.63, 3.8) is 0 Å². The van der Waals surface area contributed by atoms with Crippen LogP contribution in [0.3, 0.4) is 0 Å². The maximum atomic E-state index is 14.1. The van der Waals surface area contributed by atoms with Gasteiger partial charge in [0.1, 0.15) is 23.4 Å². The van der Waals surface area contributed by atoms with Crippen LogP contribution >= 0.6 is 0 Å². The SMILES string of the molecule is CCCCCCCN(C(=O)C(CCC(N)=O)NC(=O)OC(C)(C)C)C(C(=O)NCCCC)c1cccc(O)c1. The summed E-state index contributed by atoms with van der Waals surface area (Å²) in [5, 5.41) is 15.7. The third kappa shape index (κ3) is 13.4. The number of phenolic OH excluding ortho intramolecular Hbond substituents is 1. The van der Waals surface area contributed by atoms with Gasteiger partial charge in [-0.2, -0.15) is 0 Å². The number of nitrogens with one attached hydrogen (secondary N) is 2. The number of nitrogens with zero attached hydrogens (tertiary/aromatic N) is 1. The zero-order valence-corrected chi connectivity index (χ0v) is 24.3. The molecule has 0 aromatic heterocycles. The first-order valence-corrected chi connectivity index (χ1v) is 14.0. The molecule has 4 amide bonds. The van der Waals surface area contributed by atoms with Gasteiger partial charge in [0.15, 0.2) is 0 Å². The first-order valence-electron chi connectivity index (χ1n) is 14.0. The van der Waals surface area contributed by atoms with Crippen LogP contribution in [0, 0.1) is 0 Å². The van der Waals surface area contributed by atoms with Gasteiger partial charge >= 0.3 is 6.09 Å². The van der Waals surface area contributed by atoms with Gasteiger partial charge in [0.25, 0.3) is 0 Å². The third-order valence-corrected chi connectivity index (χ3v) is 6.03. The predicted octanol–water partition coefficient (Wildman–Crippen LogP) is 4.31. The first-order chi connectivity index (χ1) is 18.4. The van der Waals surface area contributed by atoms with Crippen LogP contribution in [0.15, 0.2) is 24.3 Å². The van der Waals surface area contributed by atoms with Crippen molar-refractivity contribution in [3.8, 4) is 5.75 Å². The molecule has 0 bridgehead atoms. The highest BCUT2D eigenvalue weighted by Crippen LogP contribution is 2.27. The van der Waals surface area contributed by atoms with Crippen LogP contribution in [0.1, 0.15) is 104 Å². The van der Waals surface area contributed by atoms with E-state index >= 15 is 0 Å². The summed E-state index contributed by atoms with van der Waals surface area (Å²) in [6, 6.07) is 4.05. The molecule has 0 saturated carbocycles. The number of carbonyl (C=O) groups is 4. The lowest BCUT2D eigenvalue weighted by Gasteiger charge is -2.34. The molecule has 0 fully saturated rings. The molecule has 5 N–H and O–H groups in total. The maximum Gasteiger partial charge on any atom is 0.408 e. The van der Waals surface area contributed by atoms with E-state index in [1.165, 1.54) is 17.0 Å². The molecule has 1 aromatic carbocycles. The van der Waals surface area contributed by atoms with Gasteiger partial charge in [-0.05, 0) is 57.7 Å². The van der Waals surface area contributed by atoms with Gasteiger partial charge in [0.05, 0.1) is 0 Å². The molecular weight excluding hydrogens is 500 g/mol. The number of primary amides is 1. The molecular formula is C29H48N4O6. The second kappa shape index (κ2) is 17.3. The Balaban J connectivity index is 3.45. The molecule has 2 unspecified atom stereocenters. The molecule has 39 heavy (non-hydrogen) atoms. The van der Waals surface area contributed by atoms with E-state index in [0.717, 1.165) is 38.5 Å². The van der Waals surface area contributed by atoms with E-state index in [4.69, 9.17) is 10.5 Å². The minimum absolute atomic E-state index is 0.0358. The van der Waals surface area contributed by atoms with Crippen molar-refractivity contribution in [2.45, 2.75) is 110 Å². The fourth-order valence-corrected chi connectivity index (χ4v) is 4.10. The van der Waals surface area contributed by atoms with Gasteiger partial charge in [-0.3, -0.25) is 14.4 Å². The van der Waals surface area contributed by atoms with Crippen LogP contribution in [0.4, 0.5) is 4.79 Å². The molecule has 0 aliphatic rings. The Bertz CT molecular complexity index is 931. The summed E-state index contributed by atoms with van der Waals surface area (Å²) < 4.78 is 5.35. The summed E-state index contributed by atoms with van der Waals surface area (Å²) in [5.74, 6) is -1.57. The predicted molar refractivity (Wildman–Crippen MR) is 151 cm³/mol. The van der Waals surface area contributed by atoms with Gasteiger partial charge < -0.3 is 31.1 Å². The summed E-state index contributed by atoms with van der Waals surface area (Å²) in [7, 11) is 0. The number of aromatic hydroxyl groups is 1. The number of amides is 4. The molecule has 10 heteroatoms. The number of benzene rings is 1. The number of rotatable bonds is 17. The molecule has 0 aliphatic carbocycles. The standard InChI is InChI=1S/C29H48N4O6/c1-6-8-10-11-12-19-33(25(26(36)31-18-9-7-2)21-14-13-15-22(34)20-21)27(37)23(16-17-24(30)35)32-28(38)39-29(3,4)5/h13-15,20,23,25,34H,6-12,16-19H2,1-5H3,(H2,30,35)(H,31,36)(H,32,38). The van der Waals surface area contributed by atoms with Gasteiger partial charge in [0, 0.05) is 19.5 Å². The van der Waals surface area contributed by atoms with Crippen molar-refractivity contribution < 1.29 is 29.0 Å². The van der Waals surface area contributed by atoms with Crippen LogP contribution in [0.25, 0.3) is 0 Å². The Morgan fingerprint density at radius 1 is 1.03 bits per heavy atom. The van der Waals surface area contributed by atoms with Gasteiger partial charge in [-0.1, -0.05) is 58.1 Å². The van der Waals surface area contributed by atoms with E-state index in [9.17, 15) is 24.3 Å². The lowest BCUT2D eigenvalue weighted by molar-refractivity contribution is -0.142. The number of alkyl carbamates (subject to hydrolysis) is 1. The maximum absolute atomic E-state index is 14.1. The van der Waals surface area contributed by atoms with Gasteiger partial charge in [-0.15, -0.1) is 0 Å². The first kappa shape index (κ1) is 33.7. The van der Waals surface area contributed by atoms with Crippen LogP contribution in [-0.4, -0.2) is 58.6 Å². The van der Waals surface area contributed by atoms with Crippen molar-refractivity contribution in [1.29, 1.82) is 0 Å². The fraction of sp³-hybridized carbons (Fsp3) is 0.655. The number of unbranched alkanes of at least 4 members (excludes halogenated alkanes) is 5. The average molecular weight is 549 g/mol. The molecule has 0 saturated heterocycles. The van der Waals surface area contributed by atoms with Crippen LogP contribution in [-0.2, 0) is 19.1 Å². The number of carbonyl (C=O) groups excluding carboxylic acids is 4. The molecule has 1 rings (SSSR count). The van der Waals surface area contributed by atoms with Gasteiger partial charge in [-0.25, -0.2) is 4.79 Å². The Morgan fingerprint density at radius 3 is 2.28 bits per heavy atom. The van der Waals surface area contributed by atoms with E-state index < -0.39 is 35.6 Å². The van der Waals surface area contributed by atoms with Crippen molar-refractivity contribution in [2.24, 2.45) is 5.73 Å². The number of hydrogen-bond acceptors (Lipinski definition) is 6. The Morgan fingerprint density at radius 2 is 1.69 bits per heavy atom. The lowest BCUT2D eigenvalue weighted by Crippen LogP contribution is -2.53. The second-order valence-corrected chi connectivity index (χ2v) is 10.8. The molecule has 0 radical (unpaired) electrons. The lowest BCUT2D eigenvalue weighted by atomic mass is 10.0. The van der Waals surface area contributed by atoms with E-state index in [1.54, 1.807) is 32.9 Å². The molecule has 0 heterocycles. The van der Waals surface area contributed by atoms with Crippen LogP contribution < -0.4 is 16.4 Å². The normalized spacial score (nSPS) is 12.7. The molecule has 10 nitrogen and oxygen atoms in total. The van der Waals surface area contributed by atoms with Gasteiger partial charge in [0.2, 0.25) is 17.7 Å². The second-order valence-electron chi connectivity index (χ2n) is 10.8. The van der Waals surface area contributed by atoms with E-state index in [-0.39, 0.29) is 31.0 Å². The quantitative estimate of drug-likeness (QED) is 0.213. The number of phenols is 1. The zero-order chi connectivity index (χ0) is 29.4. The highest BCUT2D eigenvalue weighted by molar-refractivity contribution is 5.92. The fourth-order valence-electron chi connectivity index (χ4n) is 4.10. The largest absolute Gasteiger partial charge is 0.508 e. The summed E-state index contributed by atoms with van der Waals surface area (Å²) in [5.41, 5.74) is 5.00. The minimum atomic E-state index is -1.15. The Kier molecular flexibility index (Phi) is 15.0. The Hall–Kier alpha value is -3.30. The monoisotopic (exact) mass is 548 g/mol. The smallest absolute Gasteiger partial charge is 0.408 e. The number of hydrogen-bond donors (Lipinski definition) is 4. The minimum Gasteiger partial charge on any atom is -0.508 e. The molecule has 0 spiro atoms. The highest BCUT2D eigenvalue weighted by Gasteiger charge is 2.36. The van der Waals surface area contributed by atoms with E-state index in [1.807, 2.05) is 6.92 Å². The van der Waals surface area contributed by atoms with Crippen molar-refractivity contribution in [2.75, 3.05) is 13.1 Å². The highest BCUT2D eigenvalue weighted by atomic mass is 16.6. The van der Waals surface area contributed by atoms with Crippen molar-refractivity contribution in [1.82, 2.24) is 15.5 Å². The number of ether oxygens (including phenoxy) is 1. The van der Waals surface area contributed by atoms with Crippen molar-refractivity contribution >= 4 is 23.8 Å².